The third-order valence-corrected chi connectivity index (χ3v) is 5.85. The van der Waals surface area contributed by atoms with Gasteiger partial charge in [0.2, 0.25) is 0 Å². The van der Waals surface area contributed by atoms with Crippen LogP contribution in [0.4, 0.5) is 0 Å². The molecule has 0 spiro atoms. The average molecular weight is 269 g/mol. The molecule has 0 aromatic heterocycles. The number of likely N-dealkylation sites (tertiary alicyclic amines) is 1. The molecule has 3 heteroatoms. The Morgan fingerprint density at radius 3 is 2.17 bits per heavy atom. The van der Waals surface area contributed by atoms with Crippen LogP contribution in [0.15, 0.2) is 0 Å². The molecule has 2 heterocycles. The normalized spacial score (nSPS) is 36.5. The van der Waals surface area contributed by atoms with E-state index in [0.717, 1.165) is 5.75 Å². The van der Waals surface area contributed by atoms with Crippen LogP contribution in [0, 0.1) is 5.41 Å². The summed E-state index contributed by atoms with van der Waals surface area (Å²) < 4.78 is 5.95. The first-order valence-electron chi connectivity index (χ1n) is 7.78. The summed E-state index contributed by atoms with van der Waals surface area (Å²) in [7, 11) is 0. The zero-order valence-corrected chi connectivity index (χ0v) is 12.3. The quantitative estimate of drug-likeness (QED) is 0.624. The van der Waals surface area contributed by atoms with Gasteiger partial charge in [0.05, 0.1) is 12.2 Å². The Balaban J connectivity index is 1.62. The maximum absolute atomic E-state index is 5.95. The van der Waals surface area contributed by atoms with E-state index < -0.39 is 0 Å². The summed E-state index contributed by atoms with van der Waals surface area (Å²) in [5, 5.41) is 0. The summed E-state index contributed by atoms with van der Waals surface area (Å²) in [5.41, 5.74) is 0.496. The van der Waals surface area contributed by atoms with Gasteiger partial charge in [0.15, 0.2) is 0 Å². The molecule has 104 valence electrons. The molecule has 18 heavy (non-hydrogen) atoms. The first-order chi connectivity index (χ1) is 8.80. The van der Waals surface area contributed by atoms with Crippen molar-refractivity contribution in [2.24, 2.45) is 5.41 Å². The minimum absolute atomic E-state index is 0.496. The van der Waals surface area contributed by atoms with Crippen molar-refractivity contribution in [3.05, 3.63) is 0 Å². The molecule has 1 aliphatic carbocycles. The van der Waals surface area contributed by atoms with Crippen LogP contribution < -0.4 is 0 Å². The highest BCUT2D eigenvalue weighted by Gasteiger charge is 2.38. The van der Waals surface area contributed by atoms with Crippen LogP contribution in [0.2, 0.25) is 0 Å². The lowest BCUT2D eigenvalue weighted by Gasteiger charge is -2.40. The number of hydrogen-bond acceptors (Lipinski definition) is 3. The number of thiol groups is 1. The largest absolute Gasteiger partial charge is 0.372 e. The molecule has 2 aliphatic heterocycles. The van der Waals surface area contributed by atoms with Gasteiger partial charge in [-0.15, -0.1) is 0 Å². The van der Waals surface area contributed by atoms with Gasteiger partial charge in [0.25, 0.3) is 0 Å². The molecule has 2 bridgehead atoms. The molecule has 2 unspecified atom stereocenters. The van der Waals surface area contributed by atoms with Crippen molar-refractivity contribution >= 4 is 12.6 Å². The maximum atomic E-state index is 5.95. The second-order valence-electron chi connectivity index (χ2n) is 6.72. The number of rotatable bonds is 3. The molecule has 0 radical (unpaired) electrons. The van der Waals surface area contributed by atoms with E-state index in [1.165, 1.54) is 71.0 Å². The van der Waals surface area contributed by atoms with Crippen LogP contribution in [0.3, 0.4) is 0 Å². The van der Waals surface area contributed by atoms with Gasteiger partial charge in [0.1, 0.15) is 0 Å². The third-order valence-electron chi connectivity index (χ3n) is 5.18. The van der Waals surface area contributed by atoms with Crippen LogP contribution >= 0.6 is 12.6 Å². The zero-order chi connectivity index (χ0) is 12.4. The monoisotopic (exact) mass is 269 g/mol. The minimum atomic E-state index is 0.496. The van der Waals surface area contributed by atoms with Crippen molar-refractivity contribution < 1.29 is 4.74 Å². The number of morpholine rings is 1. The lowest BCUT2D eigenvalue weighted by atomic mass is 9.81. The summed E-state index contributed by atoms with van der Waals surface area (Å²) >= 11 is 4.70. The molecule has 2 nitrogen and oxygen atoms in total. The average Bonchev–Trinajstić information content (AvgIpc) is 2.61. The molecule has 0 aromatic rings. The van der Waals surface area contributed by atoms with Crippen molar-refractivity contribution in [2.75, 3.05) is 25.4 Å². The molecule has 3 aliphatic rings. The Hall–Kier alpha value is 0.270. The van der Waals surface area contributed by atoms with Crippen molar-refractivity contribution in [1.82, 2.24) is 4.90 Å². The second kappa shape index (κ2) is 5.72. The van der Waals surface area contributed by atoms with E-state index in [-0.39, 0.29) is 0 Å². The first-order valence-corrected chi connectivity index (χ1v) is 8.42. The smallest absolute Gasteiger partial charge is 0.0707 e. The highest BCUT2D eigenvalue weighted by Crippen LogP contribution is 2.38. The van der Waals surface area contributed by atoms with Gasteiger partial charge < -0.3 is 4.74 Å². The van der Waals surface area contributed by atoms with Gasteiger partial charge in [-0.05, 0) is 36.9 Å². The Bertz CT molecular complexity index is 264. The van der Waals surface area contributed by atoms with E-state index in [2.05, 4.69) is 4.90 Å². The highest BCUT2D eigenvalue weighted by atomic mass is 32.1. The van der Waals surface area contributed by atoms with E-state index >= 15 is 0 Å². The van der Waals surface area contributed by atoms with Crippen LogP contribution in [0.25, 0.3) is 0 Å². The van der Waals surface area contributed by atoms with Crippen molar-refractivity contribution in [1.29, 1.82) is 0 Å². The van der Waals surface area contributed by atoms with Gasteiger partial charge in [-0.2, -0.15) is 12.6 Å². The minimum Gasteiger partial charge on any atom is -0.372 e. The Labute approximate surface area is 117 Å². The van der Waals surface area contributed by atoms with Gasteiger partial charge in [-0.1, -0.05) is 25.7 Å². The molecule has 0 aromatic carbocycles. The van der Waals surface area contributed by atoms with Gasteiger partial charge in [-0.3, -0.25) is 4.90 Å². The van der Waals surface area contributed by atoms with Crippen LogP contribution in [0.5, 0.6) is 0 Å². The fraction of sp³-hybridized carbons (Fsp3) is 1.00. The standard InChI is InChI=1S/C15H27NOS/c18-12-15(7-3-1-2-4-8-15)11-16-9-13-5-6-14(10-16)17-13/h13-14,18H,1-12H2. The van der Waals surface area contributed by atoms with Gasteiger partial charge in [0, 0.05) is 19.6 Å². The van der Waals surface area contributed by atoms with E-state index in [9.17, 15) is 0 Å². The molecular formula is C15H27NOS. The van der Waals surface area contributed by atoms with Crippen LogP contribution in [-0.4, -0.2) is 42.5 Å². The summed E-state index contributed by atoms with van der Waals surface area (Å²) in [5.74, 6) is 1.07. The van der Waals surface area contributed by atoms with Crippen LogP contribution in [0.1, 0.15) is 51.4 Å². The summed E-state index contributed by atoms with van der Waals surface area (Å²) in [6, 6.07) is 0. The van der Waals surface area contributed by atoms with Gasteiger partial charge >= 0.3 is 0 Å². The number of nitrogens with zero attached hydrogens (tertiary/aromatic N) is 1. The highest BCUT2D eigenvalue weighted by molar-refractivity contribution is 7.80. The van der Waals surface area contributed by atoms with Gasteiger partial charge in [-0.25, -0.2) is 0 Å². The van der Waals surface area contributed by atoms with E-state index in [1.807, 2.05) is 0 Å². The summed E-state index contributed by atoms with van der Waals surface area (Å²) in [4.78, 5) is 2.69. The maximum Gasteiger partial charge on any atom is 0.0707 e. The Morgan fingerprint density at radius 2 is 1.61 bits per heavy atom. The van der Waals surface area contributed by atoms with E-state index in [0.29, 0.717) is 17.6 Å². The molecule has 2 saturated heterocycles. The molecule has 3 rings (SSSR count). The molecule has 0 N–H and O–H groups in total. The van der Waals surface area contributed by atoms with Crippen molar-refractivity contribution in [2.45, 2.75) is 63.6 Å². The fourth-order valence-electron chi connectivity index (χ4n) is 4.15. The molecule has 3 fully saturated rings. The molecule has 2 atom stereocenters. The lowest BCUT2D eigenvalue weighted by molar-refractivity contribution is -0.0499. The van der Waals surface area contributed by atoms with Crippen LogP contribution in [-0.2, 0) is 4.74 Å². The number of fused-ring (bicyclic) bond motifs is 2. The Morgan fingerprint density at radius 1 is 1.00 bits per heavy atom. The molecular weight excluding hydrogens is 242 g/mol. The predicted octanol–water partition coefficient (Wildman–Crippen LogP) is 3.12. The van der Waals surface area contributed by atoms with E-state index in [1.54, 1.807) is 0 Å². The van der Waals surface area contributed by atoms with Crippen molar-refractivity contribution in [3.63, 3.8) is 0 Å². The van der Waals surface area contributed by atoms with Crippen molar-refractivity contribution in [3.8, 4) is 0 Å². The van der Waals surface area contributed by atoms with E-state index in [4.69, 9.17) is 17.4 Å². The fourth-order valence-corrected chi connectivity index (χ4v) is 4.56. The SMILES string of the molecule is SCC1(CN2CC3CCC(C2)O3)CCCCCC1. The molecule has 0 amide bonds. The third kappa shape index (κ3) is 2.88. The first kappa shape index (κ1) is 13.3. The predicted molar refractivity (Wildman–Crippen MR) is 78.3 cm³/mol. The number of hydrogen-bond donors (Lipinski definition) is 1. The number of ether oxygens (including phenoxy) is 1. The second-order valence-corrected chi connectivity index (χ2v) is 7.04. The molecule has 1 saturated carbocycles. The topological polar surface area (TPSA) is 12.5 Å². The Kier molecular flexibility index (Phi) is 4.21. The summed E-state index contributed by atoms with van der Waals surface area (Å²) in [6.45, 7) is 3.62. The zero-order valence-electron chi connectivity index (χ0n) is 11.4. The lowest BCUT2D eigenvalue weighted by Crippen LogP contribution is -2.48. The summed E-state index contributed by atoms with van der Waals surface area (Å²) in [6.07, 6.45) is 12.1.